The number of anilines is 1. The molecule has 0 unspecified atom stereocenters. The molecule has 0 aliphatic carbocycles. The third-order valence-electron chi connectivity index (χ3n) is 1.65. The average Bonchev–Trinajstić information content (AvgIpc) is 2.16. The van der Waals surface area contributed by atoms with Gasteiger partial charge in [-0.25, -0.2) is 0 Å². The summed E-state index contributed by atoms with van der Waals surface area (Å²) in [5, 5.41) is 2.60. The third kappa shape index (κ3) is 2.55. The van der Waals surface area contributed by atoms with Crippen molar-refractivity contribution in [1.29, 1.82) is 0 Å². The lowest BCUT2D eigenvalue weighted by atomic mass is 10.1. The van der Waals surface area contributed by atoms with Gasteiger partial charge in [-0.3, -0.25) is 9.59 Å². The van der Waals surface area contributed by atoms with E-state index in [1.807, 2.05) is 0 Å². The summed E-state index contributed by atoms with van der Waals surface area (Å²) in [7, 11) is 0. The van der Waals surface area contributed by atoms with Gasteiger partial charge in [0.05, 0.1) is 0 Å². The van der Waals surface area contributed by atoms with Gasteiger partial charge in [-0.1, -0.05) is 18.7 Å². The molecule has 0 atom stereocenters. The molecule has 0 bridgehead atoms. The van der Waals surface area contributed by atoms with Crippen molar-refractivity contribution in [2.45, 2.75) is 6.92 Å². The maximum Gasteiger partial charge on any atom is 0.221 e. The number of rotatable bonds is 3. The van der Waals surface area contributed by atoms with Crippen LogP contribution in [0.2, 0.25) is 0 Å². The lowest BCUT2D eigenvalue weighted by Crippen LogP contribution is -2.06. The van der Waals surface area contributed by atoms with Gasteiger partial charge in [-0.2, -0.15) is 0 Å². The molecule has 1 aromatic carbocycles. The van der Waals surface area contributed by atoms with E-state index in [-0.39, 0.29) is 11.7 Å². The number of hydrogen-bond donors (Lipinski definition) is 1. The van der Waals surface area contributed by atoms with E-state index in [0.717, 1.165) is 0 Å². The first-order valence-corrected chi connectivity index (χ1v) is 4.18. The number of benzene rings is 1. The van der Waals surface area contributed by atoms with Crippen LogP contribution in [0.1, 0.15) is 17.3 Å². The lowest BCUT2D eigenvalue weighted by Gasteiger charge is -2.02. The van der Waals surface area contributed by atoms with Crippen LogP contribution < -0.4 is 5.32 Å². The highest BCUT2D eigenvalue weighted by molar-refractivity contribution is 6.05. The Hall–Kier alpha value is -1.90. The molecule has 1 aromatic rings. The number of hydrogen-bond acceptors (Lipinski definition) is 2. The lowest BCUT2D eigenvalue weighted by molar-refractivity contribution is -0.114. The summed E-state index contributed by atoms with van der Waals surface area (Å²) in [4.78, 5) is 22.0. The van der Waals surface area contributed by atoms with Crippen molar-refractivity contribution in [3.63, 3.8) is 0 Å². The molecule has 0 radical (unpaired) electrons. The molecule has 3 nitrogen and oxygen atoms in total. The standard InChI is InChI=1S/C11H11NO2/c1-3-11(14)9-5-4-6-10(7-9)12-8(2)13/h3-7H,1H2,2H3,(H,12,13). The van der Waals surface area contributed by atoms with Crippen LogP contribution in [-0.2, 0) is 4.79 Å². The van der Waals surface area contributed by atoms with Gasteiger partial charge < -0.3 is 5.32 Å². The van der Waals surface area contributed by atoms with Crippen LogP contribution in [0.5, 0.6) is 0 Å². The van der Waals surface area contributed by atoms with Crippen molar-refractivity contribution in [1.82, 2.24) is 0 Å². The molecule has 0 saturated carbocycles. The van der Waals surface area contributed by atoms with Crippen LogP contribution >= 0.6 is 0 Å². The summed E-state index contributed by atoms with van der Waals surface area (Å²) in [5.41, 5.74) is 1.14. The molecule has 1 rings (SSSR count). The molecule has 0 saturated heterocycles. The Labute approximate surface area is 82.4 Å². The van der Waals surface area contributed by atoms with Gasteiger partial charge >= 0.3 is 0 Å². The summed E-state index contributed by atoms with van der Waals surface area (Å²) < 4.78 is 0. The number of amides is 1. The molecule has 3 heteroatoms. The Bertz CT molecular complexity index is 383. The molecule has 0 spiro atoms. The van der Waals surface area contributed by atoms with E-state index in [1.165, 1.54) is 13.0 Å². The molecule has 14 heavy (non-hydrogen) atoms. The van der Waals surface area contributed by atoms with E-state index in [1.54, 1.807) is 24.3 Å². The minimum absolute atomic E-state index is 0.155. The predicted octanol–water partition coefficient (Wildman–Crippen LogP) is 2.01. The Morgan fingerprint density at radius 3 is 2.71 bits per heavy atom. The number of nitrogens with one attached hydrogen (secondary N) is 1. The number of allylic oxidation sites excluding steroid dienone is 1. The van der Waals surface area contributed by atoms with Gasteiger partial charge in [0.15, 0.2) is 5.78 Å². The van der Waals surface area contributed by atoms with Gasteiger partial charge in [0, 0.05) is 18.2 Å². The second-order valence-corrected chi connectivity index (χ2v) is 2.83. The van der Waals surface area contributed by atoms with Crippen LogP contribution in [0, 0.1) is 0 Å². The molecule has 0 aromatic heterocycles. The fourth-order valence-corrected chi connectivity index (χ4v) is 1.07. The van der Waals surface area contributed by atoms with Crippen LogP contribution in [0.25, 0.3) is 0 Å². The number of carbonyl (C=O) groups is 2. The zero-order chi connectivity index (χ0) is 10.6. The Balaban J connectivity index is 2.94. The zero-order valence-corrected chi connectivity index (χ0v) is 7.91. The van der Waals surface area contributed by atoms with Crippen LogP contribution in [0.3, 0.4) is 0 Å². The van der Waals surface area contributed by atoms with Gasteiger partial charge in [-0.15, -0.1) is 0 Å². The first-order valence-electron chi connectivity index (χ1n) is 4.18. The number of ketones is 1. The minimum Gasteiger partial charge on any atom is -0.326 e. The predicted molar refractivity (Wildman–Crippen MR) is 55.3 cm³/mol. The zero-order valence-electron chi connectivity index (χ0n) is 7.91. The van der Waals surface area contributed by atoms with Crippen molar-refractivity contribution in [2.75, 3.05) is 5.32 Å². The quantitative estimate of drug-likeness (QED) is 0.584. The molecule has 0 fully saturated rings. The minimum atomic E-state index is -0.159. The van der Waals surface area contributed by atoms with Crippen molar-refractivity contribution < 1.29 is 9.59 Å². The molecule has 72 valence electrons. The highest BCUT2D eigenvalue weighted by atomic mass is 16.1. The summed E-state index contributed by atoms with van der Waals surface area (Å²) in [6.45, 7) is 4.81. The summed E-state index contributed by atoms with van der Waals surface area (Å²) in [5.74, 6) is -0.314. The Kier molecular flexibility index (Phi) is 3.18. The van der Waals surface area contributed by atoms with E-state index >= 15 is 0 Å². The largest absolute Gasteiger partial charge is 0.326 e. The van der Waals surface area contributed by atoms with Crippen molar-refractivity contribution >= 4 is 17.4 Å². The first-order chi connectivity index (χ1) is 6.63. The molecule has 0 aliphatic rings. The fraction of sp³-hybridized carbons (Fsp3) is 0.0909. The molecule has 1 N–H and O–H groups in total. The second kappa shape index (κ2) is 4.37. The third-order valence-corrected chi connectivity index (χ3v) is 1.65. The Morgan fingerprint density at radius 2 is 2.14 bits per heavy atom. The molecule has 0 heterocycles. The van der Waals surface area contributed by atoms with Crippen molar-refractivity contribution in [3.05, 3.63) is 42.5 Å². The van der Waals surface area contributed by atoms with E-state index in [9.17, 15) is 9.59 Å². The fourth-order valence-electron chi connectivity index (χ4n) is 1.07. The maximum absolute atomic E-state index is 11.2. The summed E-state index contributed by atoms with van der Waals surface area (Å²) in [6, 6.07) is 6.73. The van der Waals surface area contributed by atoms with Crippen LogP contribution in [0.15, 0.2) is 36.9 Å². The van der Waals surface area contributed by atoms with Gasteiger partial charge in [0.1, 0.15) is 0 Å². The monoisotopic (exact) mass is 189 g/mol. The second-order valence-electron chi connectivity index (χ2n) is 2.83. The van der Waals surface area contributed by atoms with E-state index in [2.05, 4.69) is 11.9 Å². The molecular formula is C11H11NO2. The normalized spacial score (nSPS) is 9.21. The molecule has 1 amide bonds. The SMILES string of the molecule is C=CC(=O)c1cccc(NC(C)=O)c1. The summed E-state index contributed by atoms with van der Waals surface area (Å²) >= 11 is 0. The molecular weight excluding hydrogens is 178 g/mol. The Morgan fingerprint density at radius 1 is 1.43 bits per heavy atom. The van der Waals surface area contributed by atoms with E-state index < -0.39 is 0 Å². The topological polar surface area (TPSA) is 46.2 Å². The van der Waals surface area contributed by atoms with Gasteiger partial charge in [-0.05, 0) is 18.2 Å². The average molecular weight is 189 g/mol. The number of carbonyl (C=O) groups excluding carboxylic acids is 2. The van der Waals surface area contributed by atoms with E-state index in [4.69, 9.17) is 0 Å². The first kappa shape index (κ1) is 10.2. The van der Waals surface area contributed by atoms with Crippen LogP contribution in [-0.4, -0.2) is 11.7 Å². The van der Waals surface area contributed by atoms with Gasteiger partial charge in [0.2, 0.25) is 5.91 Å². The van der Waals surface area contributed by atoms with E-state index in [0.29, 0.717) is 11.3 Å². The molecule has 0 aliphatic heterocycles. The smallest absolute Gasteiger partial charge is 0.221 e. The van der Waals surface area contributed by atoms with Crippen molar-refractivity contribution in [2.24, 2.45) is 0 Å². The summed E-state index contributed by atoms with van der Waals surface area (Å²) in [6.07, 6.45) is 1.24. The van der Waals surface area contributed by atoms with Crippen molar-refractivity contribution in [3.8, 4) is 0 Å². The van der Waals surface area contributed by atoms with Gasteiger partial charge in [0.25, 0.3) is 0 Å². The van der Waals surface area contributed by atoms with Crippen LogP contribution in [0.4, 0.5) is 5.69 Å². The highest BCUT2D eigenvalue weighted by Gasteiger charge is 2.02. The highest BCUT2D eigenvalue weighted by Crippen LogP contribution is 2.11. The maximum atomic E-state index is 11.2.